The molecule has 6 heteroatoms. The van der Waals surface area contributed by atoms with Crippen molar-refractivity contribution in [3.8, 4) is 0 Å². The third-order valence-corrected chi connectivity index (χ3v) is 3.25. The predicted octanol–water partition coefficient (Wildman–Crippen LogP) is 2.03. The number of amides is 2. The molecule has 2 unspecified atom stereocenters. The Hall–Kier alpha value is -2.34. The number of urea groups is 1. The minimum atomic E-state index is -0.722. The molecule has 2 aromatic rings. The molecule has 6 nitrogen and oxygen atoms in total. The van der Waals surface area contributed by atoms with Crippen molar-refractivity contribution in [1.82, 2.24) is 15.6 Å². The molecule has 3 N–H and O–H groups in total. The Labute approximate surface area is 129 Å². The van der Waals surface area contributed by atoms with Crippen LogP contribution in [-0.4, -0.2) is 28.7 Å². The maximum Gasteiger partial charge on any atom is 0.315 e. The van der Waals surface area contributed by atoms with E-state index in [0.29, 0.717) is 18.7 Å². The summed E-state index contributed by atoms with van der Waals surface area (Å²) in [5, 5.41) is 15.5. The monoisotopic (exact) mass is 303 g/mol. The molecule has 0 bridgehead atoms. The number of furan rings is 1. The summed E-state index contributed by atoms with van der Waals surface area (Å²) in [6, 6.07) is 6.86. The van der Waals surface area contributed by atoms with Crippen LogP contribution in [0.4, 0.5) is 4.79 Å². The van der Waals surface area contributed by atoms with Crippen molar-refractivity contribution in [2.75, 3.05) is 6.54 Å². The minimum absolute atomic E-state index is 0.168. The van der Waals surface area contributed by atoms with Gasteiger partial charge in [-0.15, -0.1) is 0 Å². The normalized spacial score (nSPS) is 13.4. The molecule has 0 fully saturated rings. The summed E-state index contributed by atoms with van der Waals surface area (Å²) in [6.07, 6.45) is 5.41. The van der Waals surface area contributed by atoms with Gasteiger partial charge in [0.15, 0.2) is 0 Å². The third kappa shape index (κ3) is 5.21. The fourth-order valence-corrected chi connectivity index (χ4v) is 2.13. The molecule has 0 spiro atoms. The van der Waals surface area contributed by atoms with Crippen LogP contribution < -0.4 is 10.6 Å². The lowest BCUT2D eigenvalue weighted by Gasteiger charge is -2.17. The maximum absolute atomic E-state index is 11.8. The number of carbonyl (C=O) groups is 1. The lowest BCUT2D eigenvalue weighted by molar-refractivity contribution is 0.129. The Morgan fingerprint density at radius 3 is 2.95 bits per heavy atom. The molecule has 22 heavy (non-hydrogen) atoms. The first-order chi connectivity index (χ1) is 10.6. The van der Waals surface area contributed by atoms with E-state index in [1.54, 1.807) is 24.5 Å². The minimum Gasteiger partial charge on any atom is -0.467 e. The fourth-order valence-electron chi connectivity index (χ4n) is 2.13. The lowest BCUT2D eigenvalue weighted by Crippen LogP contribution is -2.42. The third-order valence-electron chi connectivity index (χ3n) is 3.25. The molecule has 0 aliphatic carbocycles. The van der Waals surface area contributed by atoms with Crippen LogP contribution in [-0.2, 0) is 6.42 Å². The highest BCUT2D eigenvalue weighted by molar-refractivity contribution is 5.74. The van der Waals surface area contributed by atoms with E-state index in [9.17, 15) is 9.90 Å². The quantitative estimate of drug-likeness (QED) is 0.730. The van der Waals surface area contributed by atoms with E-state index in [4.69, 9.17) is 4.42 Å². The number of nitrogens with zero attached hydrogens (tertiary/aromatic N) is 1. The van der Waals surface area contributed by atoms with Crippen LogP contribution in [0.5, 0.6) is 0 Å². The van der Waals surface area contributed by atoms with Crippen LogP contribution in [0, 0.1) is 0 Å². The summed E-state index contributed by atoms with van der Waals surface area (Å²) in [6.45, 7) is 2.37. The van der Waals surface area contributed by atoms with Gasteiger partial charge in [-0.2, -0.15) is 0 Å². The van der Waals surface area contributed by atoms with E-state index in [0.717, 1.165) is 12.0 Å². The van der Waals surface area contributed by atoms with E-state index in [1.165, 1.54) is 6.26 Å². The van der Waals surface area contributed by atoms with Gasteiger partial charge in [0.1, 0.15) is 11.9 Å². The van der Waals surface area contributed by atoms with Gasteiger partial charge in [-0.25, -0.2) is 4.79 Å². The molecule has 2 atom stereocenters. The summed E-state index contributed by atoms with van der Waals surface area (Å²) in [5.41, 5.74) is 1.07. The molecular weight excluding hydrogens is 282 g/mol. The predicted molar refractivity (Wildman–Crippen MR) is 82.2 cm³/mol. The Kier molecular flexibility index (Phi) is 5.97. The Morgan fingerprint density at radius 2 is 2.27 bits per heavy atom. The molecule has 2 rings (SSSR count). The smallest absolute Gasteiger partial charge is 0.315 e. The van der Waals surface area contributed by atoms with Gasteiger partial charge in [0.25, 0.3) is 0 Å². The molecule has 0 aliphatic heterocycles. The summed E-state index contributed by atoms with van der Waals surface area (Å²) >= 11 is 0. The second-order valence-electron chi connectivity index (χ2n) is 5.18. The molecule has 0 saturated carbocycles. The first-order valence-electron chi connectivity index (χ1n) is 7.30. The zero-order valence-electron chi connectivity index (χ0n) is 12.5. The fraction of sp³-hybridized carbons (Fsp3) is 0.375. The van der Waals surface area contributed by atoms with Crippen LogP contribution >= 0.6 is 0 Å². The van der Waals surface area contributed by atoms with Crippen molar-refractivity contribution in [3.05, 3.63) is 54.2 Å². The van der Waals surface area contributed by atoms with Crippen molar-refractivity contribution >= 4 is 6.03 Å². The number of rotatable bonds is 7. The summed E-state index contributed by atoms with van der Waals surface area (Å²) in [5.74, 6) is 0.505. The highest BCUT2D eigenvalue weighted by atomic mass is 16.4. The van der Waals surface area contributed by atoms with Gasteiger partial charge in [0, 0.05) is 31.4 Å². The Morgan fingerprint density at radius 1 is 1.41 bits per heavy atom. The average Bonchev–Trinajstić information content (AvgIpc) is 3.02. The van der Waals surface area contributed by atoms with E-state index in [-0.39, 0.29) is 12.1 Å². The van der Waals surface area contributed by atoms with Crippen LogP contribution in [0.25, 0.3) is 0 Å². The van der Waals surface area contributed by atoms with Crippen LogP contribution in [0.15, 0.2) is 47.3 Å². The maximum atomic E-state index is 11.8. The molecule has 2 heterocycles. The standard InChI is InChI=1S/C16H21N3O3/c1-12(10-14(20)15-5-3-9-22-15)19-16(21)18-8-6-13-4-2-7-17-11-13/h2-5,7,9,11-12,14,20H,6,8,10H2,1H3,(H2,18,19,21). The largest absolute Gasteiger partial charge is 0.467 e. The van der Waals surface area contributed by atoms with E-state index in [2.05, 4.69) is 15.6 Å². The summed E-state index contributed by atoms with van der Waals surface area (Å²) < 4.78 is 5.13. The molecule has 2 amide bonds. The van der Waals surface area contributed by atoms with Crippen molar-refractivity contribution in [1.29, 1.82) is 0 Å². The zero-order chi connectivity index (χ0) is 15.8. The SMILES string of the molecule is CC(CC(O)c1ccco1)NC(=O)NCCc1cccnc1. The Bertz CT molecular complexity index is 557. The summed E-state index contributed by atoms with van der Waals surface area (Å²) in [4.78, 5) is 15.8. The lowest BCUT2D eigenvalue weighted by atomic mass is 10.1. The van der Waals surface area contributed by atoms with Crippen molar-refractivity contribution in [2.45, 2.75) is 31.9 Å². The topological polar surface area (TPSA) is 87.4 Å². The highest BCUT2D eigenvalue weighted by Gasteiger charge is 2.16. The molecular formula is C16H21N3O3. The number of aliphatic hydroxyl groups is 1. The van der Waals surface area contributed by atoms with Gasteiger partial charge >= 0.3 is 6.03 Å². The zero-order valence-corrected chi connectivity index (χ0v) is 12.5. The van der Waals surface area contributed by atoms with Gasteiger partial charge in [-0.1, -0.05) is 6.07 Å². The number of hydrogen-bond donors (Lipinski definition) is 3. The van der Waals surface area contributed by atoms with E-state index < -0.39 is 6.10 Å². The van der Waals surface area contributed by atoms with Crippen LogP contribution in [0.3, 0.4) is 0 Å². The number of nitrogens with one attached hydrogen (secondary N) is 2. The second-order valence-corrected chi connectivity index (χ2v) is 5.18. The van der Waals surface area contributed by atoms with Gasteiger partial charge in [-0.3, -0.25) is 4.98 Å². The number of aromatic nitrogens is 1. The molecule has 0 aliphatic rings. The van der Waals surface area contributed by atoms with Crippen molar-refractivity contribution in [2.24, 2.45) is 0 Å². The van der Waals surface area contributed by atoms with Crippen LogP contribution in [0.1, 0.15) is 30.8 Å². The number of hydrogen-bond acceptors (Lipinski definition) is 4. The highest BCUT2D eigenvalue weighted by Crippen LogP contribution is 2.18. The van der Waals surface area contributed by atoms with Gasteiger partial charge in [0.05, 0.1) is 6.26 Å². The van der Waals surface area contributed by atoms with Gasteiger partial charge in [-0.05, 0) is 37.1 Å². The molecule has 0 saturated heterocycles. The number of pyridine rings is 1. The van der Waals surface area contributed by atoms with Crippen molar-refractivity contribution in [3.63, 3.8) is 0 Å². The van der Waals surface area contributed by atoms with Crippen LogP contribution in [0.2, 0.25) is 0 Å². The molecule has 2 aromatic heterocycles. The first kappa shape index (κ1) is 16.0. The molecule has 0 aromatic carbocycles. The second kappa shape index (κ2) is 8.19. The molecule has 0 radical (unpaired) electrons. The number of aliphatic hydroxyl groups excluding tert-OH is 1. The van der Waals surface area contributed by atoms with Gasteiger partial charge in [0.2, 0.25) is 0 Å². The van der Waals surface area contributed by atoms with E-state index >= 15 is 0 Å². The number of carbonyl (C=O) groups excluding carboxylic acids is 1. The van der Waals surface area contributed by atoms with E-state index in [1.807, 2.05) is 19.1 Å². The molecule has 118 valence electrons. The average molecular weight is 303 g/mol. The van der Waals surface area contributed by atoms with Crippen molar-refractivity contribution < 1.29 is 14.3 Å². The summed E-state index contributed by atoms with van der Waals surface area (Å²) in [7, 11) is 0. The first-order valence-corrected chi connectivity index (χ1v) is 7.30. The van der Waals surface area contributed by atoms with Gasteiger partial charge < -0.3 is 20.2 Å². The Balaban J connectivity index is 1.66.